The first kappa shape index (κ1) is 18.9. The number of carbonyl (C=O) groups excluding carboxylic acids is 1. The van der Waals surface area contributed by atoms with Crippen LogP contribution < -0.4 is 10.2 Å². The number of aryl methyl sites for hydroxylation is 1. The SMILES string of the molecule is Cc1ccccc1C(=O)N/N=C/c1ccc(OCc2ccccc2C#N)cc1. The van der Waals surface area contributed by atoms with Crippen molar-refractivity contribution in [3.8, 4) is 11.8 Å². The molecule has 0 aliphatic rings. The maximum absolute atomic E-state index is 12.1. The number of carbonyl (C=O) groups is 1. The van der Waals surface area contributed by atoms with Crippen molar-refractivity contribution in [2.45, 2.75) is 13.5 Å². The normalized spacial score (nSPS) is 10.4. The van der Waals surface area contributed by atoms with Crippen LogP contribution in [0.3, 0.4) is 0 Å². The van der Waals surface area contributed by atoms with E-state index in [9.17, 15) is 4.79 Å². The highest BCUT2D eigenvalue weighted by Crippen LogP contribution is 2.15. The average Bonchev–Trinajstić information content (AvgIpc) is 2.73. The molecule has 0 bridgehead atoms. The Balaban J connectivity index is 1.56. The minimum Gasteiger partial charge on any atom is -0.489 e. The predicted octanol–water partition coefficient (Wildman–Crippen LogP) is 4.21. The molecular weight excluding hydrogens is 350 g/mol. The van der Waals surface area contributed by atoms with Crippen molar-refractivity contribution in [1.29, 1.82) is 5.26 Å². The average molecular weight is 369 g/mol. The predicted molar refractivity (Wildman–Crippen MR) is 108 cm³/mol. The van der Waals surface area contributed by atoms with Gasteiger partial charge in [-0.3, -0.25) is 4.79 Å². The number of rotatable bonds is 6. The van der Waals surface area contributed by atoms with E-state index in [-0.39, 0.29) is 5.91 Å². The summed E-state index contributed by atoms with van der Waals surface area (Å²) in [4.78, 5) is 12.1. The first-order chi connectivity index (χ1) is 13.7. The summed E-state index contributed by atoms with van der Waals surface area (Å²) in [7, 11) is 0. The number of ether oxygens (including phenoxy) is 1. The Morgan fingerprint density at radius 2 is 1.79 bits per heavy atom. The number of nitrogens with zero attached hydrogens (tertiary/aromatic N) is 2. The molecule has 0 radical (unpaired) electrons. The van der Waals surface area contributed by atoms with Gasteiger partial charge in [-0.1, -0.05) is 36.4 Å². The van der Waals surface area contributed by atoms with E-state index < -0.39 is 0 Å². The first-order valence-electron chi connectivity index (χ1n) is 8.77. The van der Waals surface area contributed by atoms with Gasteiger partial charge < -0.3 is 4.74 Å². The van der Waals surface area contributed by atoms with Crippen LogP contribution in [0.2, 0.25) is 0 Å². The summed E-state index contributed by atoms with van der Waals surface area (Å²) < 4.78 is 5.74. The highest BCUT2D eigenvalue weighted by molar-refractivity contribution is 5.96. The van der Waals surface area contributed by atoms with Gasteiger partial charge in [0.1, 0.15) is 12.4 Å². The minimum atomic E-state index is -0.245. The standard InChI is InChI=1S/C23H19N3O2/c1-17-6-2-5-9-22(17)23(27)26-25-15-18-10-12-21(13-11-18)28-16-20-8-4-3-7-19(20)14-24/h2-13,15H,16H2,1H3,(H,26,27)/b25-15+. The molecule has 28 heavy (non-hydrogen) atoms. The molecular formula is C23H19N3O2. The third-order valence-electron chi connectivity index (χ3n) is 4.18. The summed E-state index contributed by atoms with van der Waals surface area (Å²) in [5.74, 6) is 0.444. The molecule has 5 heteroatoms. The molecule has 3 aromatic rings. The van der Waals surface area contributed by atoms with Crippen LogP contribution >= 0.6 is 0 Å². The van der Waals surface area contributed by atoms with E-state index in [0.717, 1.165) is 16.7 Å². The fourth-order valence-corrected chi connectivity index (χ4v) is 2.62. The Morgan fingerprint density at radius 1 is 1.07 bits per heavy atom. The van der Waals surface area contributed by atoms with Gasteiger partial charge in [-0.25, -0.2) is 5.43 Å². The zero-order valence-electron chi connectivity index (χ0n) is 15.4. The quantitative estimate of drug-likeness (QED) is 0.522. The molecule has 0 fully saturated rings. The molecule has 1 amide bonds. The Bertz CT molecular complexity index is 1030. The lowest BCUT2D eigenvalue weighted by Gasteiger charge is -2.07. The summed E-state index contributed by atoms with van der Waals surface area (Å²) in [5.41, 5.74) is 6.30. The Morgan fingerprint density at radius 3 is 2.54 bits per heavy atom. The van der Waals surface area contributed by atoms with Crippen molar-refractivity contribution >= 4 is 12.1 Å². The molecule has 0 saturated heterocycles. The maximum Gasteiger partial charge on any atom is 0.271 e. The summed E-state index contributed by atoms with van der Waals surface area (Å²) in [6.45, 7) is 2.20. The Kier molecular flexibility index (Phi) is 6.17. The number of benzene rings is 3. The molecule has 5 nitrogen and oxygen atoms in total. The van der Waals surface area contributed by atoms with Gasteiger partial charge in [0.15, 0.2) is 0 Å². The van der Waals surface area contributed by atoms with Crippen molar-refractivity contribution in [1.82, 2.24) is 5.43 Å². The minimum absolute atomic E-state index is 0.245. The number of nitriles is 1. The summed E-state index contributed by atoms with van der Waals surface area (Å²) in [5, 5.41) is 13.1. The molecule has 0 aliphatic carbocycles. The summed E-state index contributed by atoms with van der Waals surface area (Å²) >= 11 is 0. The second-order valence-corrected chi connectivity index (χ2v) is 6.14. The first-order valence-corrected chi connectivity index (χ1v) is 8.77. The van der Waals surface area contributed by atoms with Gasteiger partial charge in [-0.15, -0.1) is 0 Å². The Hall–Kier alpha value is -3.91. The number of nitrogens with one attached hydrogen (secondary N) is 1. The molecule has 1 N–H and O–H groups in total. The van der Waals surface area contributed by atoms with Crippen LogP contribution in [0.25, 0.3) is 0 Å². The topological polar surface area (TPSA) is 74.5 Å². The van der Waals surface area contributed by atoms with Crippen LogP contribution in [0.4, 0.5) is 0 Å². The summed E-state index contributed by atoms with van der Waals surface area (Å²) in [6.07, 6.45) is 1.57. The van der Waals surface area contributed by atoms with Crippen LogP contribution in [0.15, 0.2) is 77.9 Å². The zero-order chi connectivity index (χ0) is 19.8. The molecule has 0 aromatic heterocycles. The molecule has 0 saturated carbocycles. The lowest BCUT2D eigenvalue weighted by atomic mass is 10.1. The molecule has 0 spiro atoms. The number of amides is 1. The zero-order valence-corrected chi connectivity index (χ0v) is 15.4. The number of hydrazone groups is 1. The van der Waals surface area contributed by atoms with Gasteiger partial charge in [-0.2, -0.15) is 10.4 Å². The molecule has 138 valence electrons. The van der Waals surface area contributed by atoms with Crippen molar-refractivity contribution in [3.05, 3.63) is 101 Å². The lowest BCUT2D eigenvalue weighted by Crippen LogP contribution is -2.18. The monoisotopic (exact) mass is 369 g/mol. The third-order valence-corrected chi connectivity index (χ3v) is 4.18. The van der Waals surface area contributed by atoms with Crippen LogP contribution in [-0.2, 0) is 6.61 Å². The molecule has 0 heterocycles. The largest absolute Gasteiger partial charge is 0.489 e. The fourth-order valence-electron chi connectivity index (χ4n) is 2.62. The maximum atomic E-state index is 12.1. The van der Waals surface area contributed by atoms with Crippen LogP contribution in [0, 0.1) is 18.3 Å². The van der Waals surface area contributed by atoms with Crippen molar-refractivity contribution < 1.29 is 9.53 Å². The Labute approximate surface area is 163 Å². The number of hydrogen-bond donors (Lipinski definition) is 1. The van der Waals surface area contributed by atoms with Gasteiger partial charge in [0.2, 0.25) is 0 Å². The van der Waals surface area contributed by atoms with Gasteiger partial charge in [-0.05, 0) is 54.4 Å². The van der Waals surface area contributed by atoms with E-state index in [1.807, 2.05) is 67.6 Å². The molecule has 3 rings (SSSR count). The highest BCUT2D eigenvalue weighted by Gasteiger charge is 2.06. The van der Waals surface area contributed by atoms with E-state index in [0.29, 0.717) is 23.5 Å². The second-order valence-electron chi connectivity index (χ2n) is 6.14. The van der Waals surface area contributed by atoms with Gasteiger partial charge in [0.25, 0.3) is 5.91 Å². The fraction of sp³-hybridized carbons (Fsp3) is 0.0870. The van der Waals surface area contributed by atoms with Gasteiger partial charge in [0.05, 0.1) is 17.8 Å². The van der Waals surface area contributed by atoms with E-state index in [1.54, 1.807) is 18.3 Å². The highest BCUT2D eigenvalue weighted by atomic mass is 16.5. The molecule has 3 aromatic carbocycles. The third kappa shape index (κ3) is 4.83. The van der Waals surface area contributed by atoms with Crippen LogP contribution in [0.5, 0.6) is 5.75 Å². The van der Waals surface area contributed by atoms with Crippen molar-refractivity contribution in [2.24, 2.45) is 5.10 Å². The van der Waals surface area contributed by atoms with E-state index in [2.05, 4.69) is 16.6 Å². The lowest BCUT2D eigenvalue weighted by molar-refractivity contribution is 0.0954. The van der Waals surface area contributed by atoms with Gasteiger partial charge >= 0.3 is 0 Å². The van der Waals surface area contributed by atoms with Crippen molar-refractivity contribution in [2.75, 3.05) is 0 Å². The smallest absolute Gasteiger partial charge is 0.271 e. The van der Waals surface area contributed by atoms with E-state index in [4.69, 9.17) is 10.00 Å². The second kappa shape index (κ2) is 9.15. The van der Waals surface area contributed by atoms with Crippen molar-refractivity contribution in [3.63, 3.8) is 0 Å². The molecule has 0 aliphatic heterocycles. The molecule has 0 unspecified atom stereocenters. The van der Waals surface area contributed by atoms with E-state index >= 15 is 0 Å². The summed E-state index contributed by atoms with van der Waals surface area (Å²) in [6, 6.07) is 24.2. The van der Waals surface area contributed by atoms with Crippen LogP contribution in [0.1, 0.15) is 32.6 Å². The molecule has 0 atom stereocenters. The van der Waals surface area contributed by atoms with E-state index in [1.165, 1.54) is 0 Å². The van der Waals surface area contributed by atoms with Crippen LogP contribution in [-0.4, -0.2) is 12.1 Å². The van der Waals surface area contributed by atoms with Gasteiger partial charge in [0, 0.05) is 11.1 Å². The number of hydrogen-bond acceptors (Lipinski definition) is 4.